The van der Waals surface area contributed by atoms with Crippen LogP contribution in [-0.2, 0) is 23.9 Å². The molecule has 0 aliphatic heterocycles. The first-order chi connectivity index (χ1) is 11.9. The van der Waals surface area contributed by atoms with E-state index in [1.54, 1.807) is 25.3 Å². The Morgan fingerprint density at radius 3 is 2.64 bits per heavy atom. The molecule has 0 aromatic carbocycles. The molecule has 1 N–H and O–H groups in total. The van der Waals surface area contributed by atoms with E-state index in [1.807, 2.05) is 5.38 Å². The molecule has 0 aliphatic rings. The first kappa shape index (κ1) is 20.7. The van der Waals surface area contributed by atoms with Gasteiger partial charge in [-0.05, 0) is 37.1 Å². The summed E-state index contributed by atoms with van der Waals surface area (Å²) < 4.78 is 10.3. The summed E-state index contributed by atoms with van der Waals surface area (Å²) in [6, 6.07) is 0.739. The third-order valence-electron chi connectivity index (χ3n) is 3.15. The van der Waals surface area contributed by atoms with E-state index in [-0.39, 0.29) is 18.9 Å². The predicted molar refractivity (Wildman–Crippen MR) is 91.2 cm³/mol. The van der Waals surface area contributed by atoms with Crippen molar-refractivity contribution in [2.24, 2.45) is 0 Å². The van der Waals surface area contributed by atoms with Crippen LogP contribution in [0, 0.1) is 0 Å². The van der Waals surface area contributed by atoms with E-state index in [9.17, 15) is 14.4 Å². The van der Waals surface area contributed by atoms with E-state index < -0.39 is 29.8 Å². The van der Waals surface area contributed by atoms with Crippen LogP contribution < -0.4 is 5.32 Å². The van der Waals surface area contributed by atoms with Crippen LogP contribution in [0.5, 0.6) is 0 Å². The number of hydrogen-bond donors (Lipinski definition) is 1. The van der Waals surface area contributed by atoms with Crippen LogP contribution in [-0.4, -0.2) is 47.9 Å². The summed E-state index contributed by atoms with van der Waals surface area (Å²) in [5.41, 5.74) is 9.03. The molecular formula is C16H21N3O5S. The lowest BCUT2D eigenvalue weighted by Gasteiger charge is -2.21. The first-order valence-electron chi connectivity index (χ1n) is 7.65. The van der Waals surface area contributed by atoms with Crippen molar-refractivity contribution < 1.29 is 28.6 Å². The van der Waals surface area contributed by atoms with Gasteiger partial charge in [0.05, 0.1) is 6.10 Å². The number of ether oxygens (including phenoxy) is 2. The van der Waals surface area contributed by atoms with Crippen LogP contribution in [0.15, 0.2) is 16.8 Å². The maximum absolute atomic E-state index is 12.5. The van der Waals surface area contributed by atoms with Crippen molar-refractivity contribution in [3.8, 4) is 0 Å². The van der Waals surface area contributed by atoms with Crippen LogP contribution in [0.2, 0.25) is 0 Å². The van der Waals surface area contributed by atoms with Crippen molar-refractivity contribution in [3.63, 3.8) is 0 Å². The van der Waals surface area contributed by atoms with Gasteiger partial charge < -0.3 is 20.3 Å². The van der Waals surface area contributed by atoms with E-state index in [0.29, 0.717) is 5.56 Å². The highest BCUT2D eigenvalue weighted by atomic mass is 32.1. The Balaban J connectivity index is 2.83. The van der Waals surface area contributed by atoms with Crippen LogP contribution in [0.1, 0.15) is 38.4 Å². The summed E-state index contributed by atoms with van der Waals surface area (Å²) in [6.07, 6.45) is -0.553. The van der Waals surface area contributed by atoms with Crippen molar-refractivity contribution in [3.05, 3.63) is 27.9 Å². The standard InChI is InChI=1S/C16H21N3O5S/c1-10(2)24-16(22)13(5-4-12(20)8-18-17)19-15(21)14(23-3)11-6-7-25-9-11/h6-10,13-14H,4-5H2,1-3H3,(H,19,21)/t13-,14-/m0/s1. The molecule has 0 saturated heterocycles. The lowest BCUT2D eigenvalue weighted by molar-refractivity contribution is -0.152. The Morgan fingerprint density at radius 2 is 2.12 bits per heavy atom. The zero-order valence-electron chi connectivity index (χ0n) is 14.3. The topological polar surface area (TPSA) is 118 Å². The number of nitrogens with zero attached hydrogens (tertiary/aromatic N) is 2. The minimum Gasteiger partial charge on any atom is -0.461 e. The Hall–Kier alpha value is -2.35. The van der Waals surface area contributed by atoms with Crippen molar-refractivity contribution in [2.75, 3.05) is 7.11 Å². The number of Topliss-reactive ketones (excluding diaryl/α,β-unsaturated/α-hetero) is 1. The number of hydrogen-bond acceptors (Lipinski definition) is 6. The molecule has 0 radical (unpaired) electrons. The third-order valence-corrected chi connectivity index (χ3v) is 3.86. The summed E-state index contributed by atoms with van der Waals surface area (Å²) in [7, 11) is 1.39. The molecule has 8 nitrogen and oxygen atoms in total. The molecular weight excluding hydrogens is 346 g/mol. The monoisotopic (exact) mass is 367 g/mol. The van der Waals surface area contributed by atoms with Gasteiger partial charge in [-0.1, -0.05) is 0 Å². The zero-order chi connectivity index (χ0) is 18.8. The van der Waals surface area contributed by atoms with Gasteiger partial charge in [0, 0.05) is 19.1 Å². The summed E-state index contributed by atoms with van der Waals surface area (Å²) in [5.74, 6) is -1.62. The number of methoxy groups -OCH3 is 1. The predicted octanol–water partition coefficient (Wildman–Crippen LogP) is 1.52. The first-order valence-corrected chi connectivity index (χ1v) is 8.59. The molecule has 0 spiro atoms. The number of nitrogens with one attached hydrogen (secondary N) is 1. The lowest BCUT2D eigenvalue weighted by Crippen LogP contribution is -2.45. The highest BCUT2D eigenvalue weighted by Gasteiger charge is 2.28. The number of carbonyl (C=O) groups excluding carboxylic acids is 3. The van der Waals surface area contributed by atoms with E-state index in [0.717, 1.165) is 6.21 Å². The average molecular weight is 367 g/mol. The number of ketones is 1. The SMILES string of the molecule is CO[C@H](C(=O)N[C@@H](CCC(=O)C=[N+]=[N-])C(=O)OC(C)C)c1ccsc1. The van der Waals surface area contributed by atoms with Crippen LogP contribution >= 0.6 is 11.3 Å². The lowest BCUT2D eigenvalue weighted by atomic mass is 10.1. The Morgan fingerprint density at radius 1 is 1.40 bits per heavy atom. The molecule has 1 amide bonds. The minimum absolute atomic E-state index is 0.0161. The minimum atomic E-state index is -1.01. The zero-order valence-corrected chi connectivity index (χ0v) is 15.1. The Kier molecular flexibility index (Phi) is 8.69. The maximum atomic E-state index is 12.5. The van der Waals surface area contributed by atoms with E-state index in [4.69, 9.17) is 15.0 Å². The van der Waals surface area contributed by atoms with Gasteiger partial charge in [0.2, 0.25) is 5.78 Å². The van der Waals surface area contributed by atoms with Gasteiger partial charge in [0.1, 0.15) is 6.04 Å². The summed E-state index contributed by atoms with van der Waals surface area (Å²) in [6.45, 7) is 3.37. The number of thiophene rings is 1. The van der Waals surface area contributed by atoms with Gasteiger partial charge in [-0.3, -0.25) is 9.59 Å². The van der Waals surface area contributed by atoms with Crippen LogP contribution in [0.4, 0.5) is 0 Å². The fraction of sp³-hybridized carbons (Fsp3) is 0.500. The molecule has 1 aromatic heterocycles. The molecule has 0 fully saturated rings. The average Bonchev–Trinajstić information content (AvgIpc) is 3.05. The van der Waals surface area contributed by atoms with Crippen molar-refractivity contribution in [1.29, 1.82) is 0 Å². The summed E-state index contributed by atoms with van der Waals surface area (Å²) in [5, 5.41) is 6.15. The van der Waals surface area contributed by atoms with Gasteiger partial charge in [-0.2, -0.15) is 16.1 Å². The Bertz CT molecular complexity index is 638. The molecule has 1 aromatic rings. The molecule has 25 heavy (non-hydrogen) atoms. The quantitative estimate of drug-likeness (QED) is 0.291. The number of carbonyl (C=O) groups is 3. The fourth-order valence-electron chi connectivity index (χ4n) is 2.05. The molecule has 0 saturated carbocycles. The second-order valence-electron chi connectivity index (χ2n) is 5.47. The number of esters is 1. The molecule has 1 heterocycles. The van der Waals surface area contributed by atoms with Gasteiger partial charge in [-0.25, -0.2) is 4.79 Å². The van der Waals surface area contributed by atoms with Crippen LogP contribution in [0.25, 0.3) is 5.53 Å². The summed E-state index contributed by atoms with van der Waals surface area (Å²) >= 11 is 1.42. The molecule has 0 bridgehead atoms. The van der Waals surface area contributed by atoms with Gasteiger partial charge >= 0.3 is 12.2 Å². The van der Waals surface area contributed by atoms with E-state index in [2.05, 4.69) is 10.1 Å². The highest BCUT2D eigenvalue weighted by Crippen LogP contribution is 2.20. The summed E-state index contributed by atoms with van der Waals surface area (Å²) in [4.78, 5) is 38.7. The molecule has 0 unspecified atom stereocenters. The largest absolute Gasteiger partial charge is 0.461 e. The molecule has 0 aliphatic carbocycles. The number of amides is 1. The fourth-order valence-corrected chi connectivity index (χ4v) is 2.72. The van der Waals surface area contributed by atoms with Gasteiger partial charge in [0.25, 0.3) is 5.91 Å². The van der Waals surface area contributed by atoms with Crippen LogP contribution in [0.3, 0.4) is 0 Å². The molecule has 1 rings (SSSR count). The van der Waals surface area contributed by atoms with E-state index >= 15 is 0 Å². The third kappa shape index (κ3) is 6.96. The van der Waals surface area contributed by atoms with Gasteiger partial charge in [0.15, 0.2) is 6.10 Å². The molecule has 2 atom stereocenters. The second kappa shape index (κ2) is 10.5. The maximum Gasteiger partial charge on any atom is 0.328 e. The van der Waals surface area contributed by atoms with Gasteiger partial charge in [-0.15, -0.1) is 0 Å². The Labute approximate surface area is 149 Å². The van der Waals surface area contributed by atoms with E-state index in [1.165, 1.54) is 18.4 Å². The second-order valence-corrected chi connectivity index (χ2v) is 6.25. The molecule has 136 valence electrons. The molecule has 9 heteroatoms. The van der Waals surface area contributed by atoms with Crippen molar-refractivity contribution in [2.45, 2.75) is 44.9 Å². The smallest absolute Gasteiger partial charge is 0.328 e. The van der Waals surface area contributed by atoms with Crippen molar-refractivity contribution >= 4 is 35.2 Å². The highest BCUT2D eigenvalue weighted by molar-refractivity contribution is 7.08. The number of rotatable bonds is 10. The van der Waals surface area contributed by atoms with Crippen molar-refractivity contribution in [1.82, 2.24) is 5.32 Å². The normalized spacial score (nSPS) is 12.8.